The number of rotatable bonds is 9. The van der Waals surface area contributed by atoms with Crippen molar-refractivity contribution in [2.75, 3.05) is 12.0 Å². The van der Waals surface area contributed by atoms with Gasteiger partial charge in [-0.05, 0) is 60.0 Å². The second-order valence-electron chi connectivity index (χ2n) is 9.16. The van der Waals surface area contributed by atoms with Gasteiger partial charge in [0.15, 0.2) is 0 Å². The van der Waals surface area contributed by atoms with Crippen LogP contribution in [0.25, 0.3) is 11.0 Å². The normalized spacial score (nSPS) is 11.6. The molecule has 4 aromatic carbocycles. The first-order chi connectivity index (χ1) is 19.0. The van der Waals surface area contributed by atoms with Gasteiger partial charge < -0.3 is 10.1 Å². The molecule has 196 valence electrons. The van der Waals surface area contributed by atoms with E-state index < -0.39 is 6.04 Å². The van der Waals surface area contributed by atoms with Gasteiger partial charge in [0.25, 0.3) is 0 Å². The number of nitrogens with zero attached hydrogens (tertiary/aromatic N) is 4. The lowest BCUT2D eigenvalue weighted by Gasteiger charge is -2.32. The first-order valence-electron chi connectivity index (χ1n) is 12.7. The lowest BCUT2D eigenvalue weighted by atomic mass is 9.98. The number of ether oxygens (including phenoxy) is 1. The van der Waals surface area contributed by atoms with Crippen LogP contribution in [0.4, 0.5) is 5.69 Å². The number of anilines is 1. The molecule has 5 aromatic rings. The number of carbonyl (C=O) groups excluding carboxylic acids is 2. The van der Waals surface area contributed by atoms with E-state index in [4.69, 9.17) is 4.74 Å². The fourth-order valence-electron chi connectivity index (χ4n) is 4.59. The summed E-state index contributed by atoms with van der Waals surface area (Å²) in [6.45, 7) is 2.18. The van der Waals surface area contributed by atoms with E-state index >= 15 is 0 Å². The molecule has 8 heteroatoms. The molecule has 0 saturated carbocycles. The van der Waals surface area contributed by atoms with E-state index in [1.54, 1.807) is 41.0 Å². The van der Waals surface area contributed by atoms with Crippen molar-refractivity contribution >= 4 is 28.5 Å². The molecule has 0 aliphatic heterocycles. The zero-order chi connectivity index (χ0) is 27.2. The number of carbonyl (C=O) groups is 2. The van der Waals surface area contributed by atoms with Crippen LogP contribution in [0.15, 0.2) is 103 Å². The number of nitrogens with one attached hydrogen (secondary N) is 1. The molecule has 1 heterocycles. The summed E-state index contributed by atoms with van der Waals surface area (Å²) in [7, 11) is 1.58. The molecule has 0 unspecified atom stereocenters. The number of amides is 2. The van der Waals surface area contributed by atoms with Gasteiger partial charge in [-0.1, -0.05) is 71.9 Å². The number of fused-ring (bicyclic) bond motifs is 1. The molecule has 2 amide bonds. The van der Waals surface area contributed by atoms with Crippen molar-refractivity contribution in [2.24, 2.45) is 0 Å². The van der Waals surface area contributed by atoms with E-state index in [1.807, 2.05) is 85.8 Å². The molecule has 0 aliphatic carbocycles. The number of aryl methyl sites for hydroxylation is 1. The number of benzene rings is 4. The maximum Gasteiger partial charge on any atom is 0.249 e. The van der Waals surface area contributed by atoms with Crippen molar-refractivity contribution in [3.63, 3.8) is 0 Å². The summed E-state index contributed by atoms with van der Waals surface area (Å²) in [4.78, 5) is 29.6. The third kappa shape index (κ3) is 5.65. The smallest absolute Gasteiger partial charge is 0.249 e. The molecule has 1 N–H and O–H groups in total. The van der Waals surface area contributed by atoms with Crippen LogP contribution in [-0.4, -0.2) is 33.9 Å². The van der Waals surface area contributed by atoms with E-state index in [2.05, 4.69) is 15.6 Å². The second-order valence-corrected chi connectivity index (χ2v) is 9.16. The molecule has 0 saturated heterocycles. The Bertz CT molecular complexity index is 1580. The van der Waals surface area contributed by atoms with Crippen LogP contribution in [0.1, 0.15) is 22.7 Å². The summed E-state index contributed by atoms with van der Waals surface area (Å²) >= 11 is 0. The first-order valence-corrected chi connectivity index (χ1v) is 12.7. The Hall–Kier alpha value is -4.98. The minimum atomic E-state index is -0.925. The van der Waals surface area contributed by atoms with Gasteiger partial charge >= 0.3 is 0 Å². The molecule has 1 atom stereocenters. The largest absolute Gasteiger partial charge is 0.497 e. The number of hydrogen-bond acceptors (Lipinski definition) is 5. The lowest BCUT2D eigenvalue weighted by molar-refractivity contribution is -0.127. The molecule has 0 bridgehead atoms. The van der Waals surface area contributed by atoms with Gasteiger partial charge in [0.1, 0.15) is 23.9 Å². The van der Waals surface area contributed by atoms with E-state index in [-0.39, 0.29) is 18.4 Å². The van der Waals surface area contributed by atoms with Gasteiger partial charge in [-0.2, -0.15) is 0 Å². The molecule has 0 aliphatic rings. The van der Waals surface area contributed by atoms with Gasteiger partial charge in [0.05, 0.1) is 12.6 Å². The SMILES string of the molecule is COc1ccc(N(C(=O)Cn2nnc3ccccc32)[C@@H](C(=O)NCc2ccccc2)c2ccccc2C)cc1. The van der Waals surface area contributed by atoms with Crippen molar-refractivity contribution in [3.05, 3.63) is 120 Å². The Morgan fingerprint density at radius 2 is 1.59 bits per heavy atom. The minimum Gasteiger partial charge on any atom is -0.497 e. The number of hydrogen-bond donors (Lipinski definition) is 1. The van der Waals surface area contributed by atoms with Gasteiger partial charge in [0.2, 0.25) is 11.8 Å². The molecular formula is C31H29N5O3. The predicted molar refractivity (Wildman–Crippen MR) is 150 cm³/mol. The van der Waals surface area contributed by atoms with Crippen molar-refractivity contribution in [3.8, 4) is 5.75 Å². The Balaban J connectivity index is 1.56. The summed E-state index contributed by atoms with van der Waals surface area (Å²) in [5.74, 6) is 0.0501. The van der Waals surface area contributed by atoms with Gasteiger partial charge in [-0.3, -0.25) is 14.5 Å². The second kappa shape index (κ2) is 11.6. The molecule has 0 radical (unpaired) electrons. The summed E-state index contributed by atoms with van der Waals surface area (Å²) in [5.41, 5.74) is 4.59. The fourth-order valence-corrected chi connectivity index (χ4v) is 4.59. The highest BCUT2D eigenvalue weighted by atomic mass is 16.5. The molecular weight excluding hydrogens is 490 g/mol. The summed E-state index contributed by atoms with van der Waals surface area (Å²) in [6, 6.07) is 31.0. The van der Waals surface area contributed by atoms with Crippen LogP contribution in [-0.2, 0) is 22.7 Å². The Kier molecular flexibility index (Phi) is 7.63. The Morgan fingerprint density at radius 1 is 0.897 bits per heavy atom. The monoisotopic (exact) mass is 519 g/mol. The predicted octanol–water partition coefficient (Wildman–Crippen LogP) is 4.84. The van der Waals surface area contributed by atoms with E-state index in [1.165, 1.54) is 0 Å². The van der Waals surface area contributed by atoms with Crippen molar-refractivity contribution in [2.45, 2.75) is 26.1 Å². The average molecular weight is 520 g/mol. The molecule has 39 heavy (non-hydrogen) atoms. The molecule has 5 rings (SSSR count). The fraction of sp³-hybridized carbons (Fsp3) is 0.161. The topological polar surface area (TPSA) is 89.3 Å². The van der Waals surface area contributed by atoms with Crippen molar-refractivity contribution < 1.29 is 14.3 Å². The number of aromatic nitrogens is 3. The first kappa shape index (κ1) is 25.7. The standard InChI is InChI=1S/C31H29N5O3/c1-22-10-6-7-13-26(22)30(31(38)32-20-23-11-4-3-5-12-23)36(24-16-18-25(39-2)19-17-24)29(37)21-35-28-15-9-8-14-27(28)33-34-35/h3-19,30H,20-21H2,1-2H3,(H,32,38)/t30-/m1/s1. The Labute approximate surface area is 226 Å². The maximum absolute atomic E-state index is 14.1. The molecule has 1 aromatic heterocycles. The minimum absolute atomic E-state index is 0.0963. The van der Waals surface area contributed by atoms with Crippen LogP contribution in [0.3, 0.4) is 0 Å². The van der Waals surface area contributed by atoms with E-state index in [0.29, 0.717) is 23.5 Å². The van der Waals surface area contributed by atoms with Crippen molar-refractivity contribution in [1.29, 1.82) is 0 Å². The van der Waals surface area contributed by atoms with Gasteiger partial charge in [-0.15, -0.1) is 5.10 Å². The Morgan fingerprint density at radius 3 is 2.33 bits per heavy atom. The lowest BCUT2D eigenvalue weighted by Crippen LogP contribution is -2.45. The van der Waals surface area contributed by atoms with Crippen LogP contribution < -0.4 is 15.0 Å². The van der Waals surface area contributed by atoms with Crippen LogP contribution >= 0.6 is 0 Å². The zero-order valence-corrected chi connectivity index (χ0v) is 21.8. The third-order valence-electron chi connectivity index (χ3n) is 6.62. The molecule has 8 nitrogen and oxygen atoms in total. The van der Waals surface area contributed by atoms with E-state index in [0.717, 1.165) is 22.2 Å². The highest BCUT2D eigenvalue weighted by Gasteiger charge is 2.34. The third-order valence-corrected chi connectivity index (χ3v) is 6.62. The van der Waals surface area contributed by atoms with Gasteiger partial charge in [0, 0.05) is 12.2 Å². The molecule has 0 fully saturated rings. The van der Waals surface area contributed by atoms with Crippen LogP contribution in [0.2, 0.25) is 0 Å². The highest BCUT2D eigenvalue weighted by molar-refractivity contribution is 6.01. The van der Waals surface area contributed by atoms with Gasteiger partial charge in [-0.25, -0.2) is 4.68 Å². The number of para-hydroxylation sites is 1. The van der Waals surface area contributed by atoms with Crippen LogP contribution in [0.5, 0.6) is 5.75 Å². The summed E-state index contributed by atoms with van der Waals surface area (Å²) in [6.07, 6.45) is 0. The number of methoxy groups -OCH3 is 1. The van der Waals surface area contributed by atoms with Crippen LogP contribution in [0, 0.1) is 6.92 Å². The summed E-state index contributed by atoms with van der Waals surface area (Å²) < 4.78 is 6.90. The average Bonchev–Trinajstić information content (AvgIpc) is 3.38. The summed E-state index contributed by atoms with van der Waals surface area (Å²) in [5, 5.41) is 11.4. The van der Waals surface area contributed by atoms with Crippen molar-refractivity contribution in [1.82, 2.24) is 20.3 Å². The highest BCUT2D eigenvalue weighted by Crippen LogP contribution is 2.31. The van der Waals surface area contributed by atoms with E-state index in [9.17, 15) is 9.59 Å². The zero-order valence-electron chi connectivity index (χ0n) is 21.8. The maximum atomic E-state index is 14.1. The molecule has 0 spiro atoms. The quantitative estimate of drug-likeness (QED) is 0.301.